The molecule has 6 heterocycles. The molecule has 0 fully saturated rings. The third kappa shape index (κ3) is 14.7. The van der Waals surface area contributed by atoms with Crippen LogP contribution < -0.4 is 9.47 Å². The van der Waals surface area contributed by atoms with E-state index in [1.807, 2.05) is 13.8 Å². The molecular formula is C38H43ClF12N10O4. The van der Waals surface area contributed by atoms with Gasteiger partial charge in [0.05, 0.1) is 18.0 Å². The van der Waals surface area contributed by atoms with Crippen molar-refractivity contribution in [2.45, 2.75) is 92.4 Å². The van der Waals surface area contributed by atoms with Crippen LogP contribution in [0, 0.1) is 23.5 Å². The van der Waals surface area contributed by atoms with E-state index in [-0.39, 0.29) is 61.2 Å². The van der Waals surface area contributed by atoms with E-state index in [1.54, 1.807) is 13.8 Å². The lowest BCUT2D eigenvalue weighted by Crippen LogP contribution is -2.31. The average molecular weight is 967 g/mol. The van der Waals surface area contributed by atoms with Gasteiger partial charge in [0.1, 0.15) is 0 Å². The third-order valence-electron chi connectivity index (χ3n) is 7.71. The fourth-order valence-electron chi connectivity index (χ4n) is 4.35. The molecule has 0 spiro atoms. The molecule has 0 bridgehead atoms. The minimum atomic E-state index is -4.70. The Morgan fingerprint density at radius 1 is 0.615 bits per heavy atom. The maximum atomic E-state index is 14.4. The van der Waals surface area contributed by atoms with Crippen LogP contribution in [-0.4, -0.2) is 92.5 Å². The number of hydrogen-bond donors (Lipinski definition) is 1. The van der Waals surface area contributed by atoms with Crippen LogP contribution in [0.5, 0.6) is 11.8 Å². The van der Waals surface area contributed by atoms with Gasteiger partial charge in [0.15, 0.2) is 35.1 Å². The standard InChI is InChI=1S/C18H17F6N5O2.C14H8ClF6N5O.C4H10O.2CH4/c1-9(2)8-30-18(23,24)16-27-26-14-5-4-13(28-29(14)16)11-6-12(19)15(25-7-11)31-10(3)17(20,21)22;1-6(14(19,20)21)27-11-8(16)4-7(5-22-11)9-2-3-10-23-24-12(13(15,17)18)26(10)25-9;1-4(2)3-5;;/h4-7,9-10H,8H2,1-3H3;2-6H,1H3;4-5H,3H2,1-2H3;2*1H4/t10-;6-;;;/m11.../s1. The van der Waals surface area contributed by atoms with Gasteiger partial charge in [-0.05, 0) is 73.7 Å². The van der Waals surface area contributed by atoms with E-state index < -0.39 is 71.1 Å². The number of pyridine rings is 2. The molecule has 0 aliphatic carbocycles. The molecular weight excluding hydrogens is 924 g/mol. The number of hydrogen-bond acceptors (Lipinski definition) is 12. The largest absolute Gasteiger partial charge is 0.463 e. The topological polar surface area (TPSA) is 160 Å². The summed E-state index contributed by atoms with van der Waals surface area (Å²) in [6.07, 6.45) is -15.7. The molecule has 0 aliphatic rings. The highest BCUT2D eigenvalue weighted by Gasteiger charge is 2.41. The summed E-state index contributed by atoms with van der Waals surface area (Å²) in [6.45, 7) is 8.80. The quantitative estimate of drug-likeness (QED) is 0.0915. The van der Waals surface area contributed by atoms with Crippen LogP contribution in [0.25, 0.3) is 33.8 Å². The van der Waals surface area contributed by atoms with E-state index in [2.05, 4.69) is 54.8 Å². The Labute approximate surface area is 367 Å². The molecule has 0 amide bonds. The number of ether oxygens (including phenoxy) is 3. The molecule has 0 saturated heterocycles. The van der Waals surface area contributed by atoms with Gasteiger partial charge in [-0.1, -0.05) is 42.5 Å². The predicted octanol–water partition coefficient (Wildman–Crippen LogP) is 10.2. The van der Waals surface area contributed by atoms with Crippen LogP contribution in [0.4, 0.5) is 52.7 Å². The molecule has 1 N–H and O–H groups in total. The molecule has 6 aromatic rings. The lowest BCUT2D eigenvalue weighted by Gasteiger charge is -2.17. The third-order valence-corrected chi connectivity index (χ3v) is 7.88. The van der Waals surface area contributed by atoms with E-state index >= 15 is 0 Å². The van der Waals surface area contributed by atoms with Gasteiger partial charge in [0, 0.05) is 30.1 Å². The van der Waals surface area contributed by atoms with Gasteiger partial charge in [0.25, 0.3) is 17.6 Å². The zero-order valence-electron chi connectivity index (χ0n) is 33.4. The lowest BCUT2D eigenvalue weighted by atomic mass is 10.2. The van der Waals surface area contributed by atoms with Gasteiger partial charge in [-0.15, -0.1) is 20.4 Å². The van der Waals surface area contributed by atoms with Crippen molar-refractivity contribution in [1.82, 2.24) is 49.6 Å². The summed E-state index contributed by atoms with van der Waals surface area (Å²) < 4.78 is 174. The molecule has 6 aromatic heterocycles. The molecule has 27 heteroatoms. The normalized spacial score (nSPS) is 13.0. The number of aliphatic hydroxyl groups excluding tert-OH is 1. The van der Waals surface area contributed by atoms with Crippen molar-refractivity contribution in [2.75, 3.05) is 13.2 Å². The molecule has 6 rings (SSSR count). The molecule has 65 heavy (non-hydrogen) atoms. The predicted molar refractivity (Wildman–Crippen MR) is 210 cm³/mol. The number of alkyl halides is 11. The minimum Gasteiger partial charge on any atom is -0.463 e. The van der Waals surface area contributed by atoms with Crippen LogP contribution in [-0.2, 0) is 16.2 Å². The van der Waals surface area contributed by atoms with Crippen molar-refractivity contribution >= 4 is 22.9 Å². The zero-order chi connectivity index (χ0) is 47.2. The van der Waals surface area contributed by atoms with Gasteiger partial charge in [-0.25, -0.2) is 18.7 Å². The molecule has 0 aliphatic heterocycles. The Hall–Kier alpha value is -5.63. The van der Waals surface area contributed by atoms with Gasteiger partial charge in [-0.2, -0.15) is 63.1 Å². The second-order valence-corrected chi connectivity index (χ2v) is 14.4. The van der Waals surface area contributed by atoms with E-state index in [0.29, 0.717) is 30.9 Å². The first-order valence-electron chi connectivity index (χ1n) is 18.1. The summed E-state index contributed by atoms with van der Waals surface area (Å²) in [5.41, 5.74) is -0.0711. The van der Waals surface area contributed by atoms with Crippen LogP contribution in [0.3, 0.4) is 0 Å². The van der Waals surface area contributed by atoms with Gasteiger partial charge >= 0.3 is 23.8 Å². The molecule has 0 radical (unpaired) electrons. The molecule has 0 aromatic carbocycles. The van der Waals surface area contributed by atoms with Crippen molar-refractivity contribution in [2.24, 2.45) is 11.8 Å². The van der Waals surface area contributed by atoms with Gasteiger partial charge < -0.3 is 19.3 Å². The van der Waals surface area contributed by atoms with E-state index in [1.165, 1.54) is 24.3 Å². The Morgan fingerprint density at radius 3 is 1.34 bits per heavy atom. The molecule has 0 unspecified atom stereocenters. The number of halogens is 13. The summed E-state index contributed by atoms with van der Waals surface area (Å²) in [7, 11) is 0. The Bertz CT molecular complexity index is 2460. The molecule has 2 atom stereocenters. The maximum absolute atomic E-state index is 14.4. The van der Waals surface area contributed by atoms with Crippen molar-refractivity contribution < 1.29 is 72.0 Å². The van der Waals surface area contributed by atoms with Crippen molar-refractivity contribution in [3.05, 3.63) is 72.1 Å². The Morgan fingerprint density at radius 2 is 1.00 bits per heavy atom. The first kappa shape index (κ1) is 55.5. The first-order chi connectivity index (χ1) is 29.1. The SMILES string of the molecule is C.C.CC(C)CO.CC(C)COC(F)(F)c1nnc2ccc(-c3cnc(O[C@H](C)C(F)(F)F)c(F)c3)nn12.C[C@@H](Oc1ncc(-c2ccc3nnc(C(F)(F)Cl)n3n2)cc1F)C(F)(F)F. The summed E-state index contributed by atoms with van der Waals surface area (Å²) in [4.78, 5) is 7.04. The second-order valence-electron chi connectivity index (χ2n) is 13.9. The summed E-state index contributed by atoms with van der Waals surface area (Å²) in [5, 5.41) is 25.9. The van der Waals surface area contributed by atoms with Crippen molar-refractivity contribution in [3.8, 4) is 34.3 Å². The number of nitrogens with zero attached hydrogens (tertiary/aromatic N) is 10. The molecule has 360 valence electrons. The first-order valence-corrected chi connectivity index (χ1v) is 18.4. The number of rotatable bonds is 12. The number of aromatic nitrogens is 10. The van der Waals surface area contributed by atoms with Crippen LogP contribution >= 0.6 is 11.6 Å². The highest BCUT2D eigenvalue weighted by Crippen LogP contribution is 2.33. The average Bonchev–Trinajstić information content (AvgIpc) is 3.83. The van der Waals surface area contributed by atoms with Gasteiger partial charge in [0.2, 0.25) is 5.82 Å². The maximum Gasteiger partial charge on any atom is 0.425 e. The van der Waals surface area contributed by atoms with Crippen LogP contribution in [0.1, 0.15) is 68.0 Å². The molecule has 0 saturated carbocycles. The Balaban J connectivity index is 0.000000396. The summed E-state index contributed by atoms with van der Waals surface area (Å²) in [5.74, 6) is -5.62. The Kier molecular flexibility index (Phi) is 18.8. The zero-order valence-corrected chi connectivity index (χ0v) is 34.2. The summed E-state index contributed by atoms with van der Waals surface area (Å²) in [6, 6.07) is 6.88. The monoisotopic (exact) mass is 966 g/mol. The van der Waals surface area contributed by atoms with E-state index in [9.17, 15) is 52.7 Å². The molecule has 14 nitrogen and oxygen atoms in total. The minimum absolute atomic E-state index is 0. The highest BCUT2D eigenvalue weighted by atomic mass is 35.5. The fraction of sp³-hybridized carbons (Fsp3) is 0.474. The van der Waals surface area contributed by atoms with Crippen LogP contribution in [0.15, 0.2) is 48.8 Å². The van der Waals surface area contributed by atoms with Gasteiger partial charge in [-0.3, -0.25) is 0 Å². The number of aliphatic hydroxyl groups is 1. The van der Waals surface area contributed by atoms with Crippen molar-refractivity contribution in [1.29, 1.82) is 0 Å². The highest BCUT2D eigenvalue weighted by molar-refractivity contribution is 6.21. The second kappa shape index (κ2) is 22.0. The lowest BCUT2D eigenvalue weighted by molar-refractivity contribution is -0.259. The van der Waals surface area contributed by atoms with Crippen molar-refractivity contribution in [3.63, 3.8) is 0 Å². The van der Waals surface area contributed by atoms with E-state index in [4.69, 9.17) is 16.7 Å². The number of fused-ring (bicyclic) bond motifs is 2. The van der Waals surface area contributed by atoms with E-state index in [0.717, 1.165) is 29.0 Å². The smallest absolute Gasteiger partial charge is 0.425 e. The summed E-state index contributed by atoms with van der Waals surface area (Å²) >= 11 is 4.93. The fourth-order valence-corrected chi connectivity index (χ4v) is 4.47. The van der Waals surface area contributed by atoms with Crippen LogP contribution in [0.2, 0.25) is 0 Å².